The SMILES string of the molecule is [2H]c1c([2H])c(-n2c3c([2H])c([2H])c([2H])c([2H])c3c3c([2H])c(C(C)(C)C)c([2H])c([2H])c32)c([2H])c2c1B1c3c([2H])c([2H])c(-n4c5c([2H])c([2H])c([2H])c([2H])c5c5c([2H])c(C(C)(C)C)c([2H])c([2H])c54)c([2H])c3N(c3c(-c4ccccc4)cc(C(C)(C)C)cc3-c3ccccc3)c3c([2H])c(C(C)(C)C)c([2H])c(c31)N2c1c(-c2ccccc2)cc(C(C)(C)C)cc1-c1ccccc1. The van der Waals surface area contributed by atoms with Gasteiger partial charge in [-0.1, -0.05) is 286 Å². The molecule has 17 rings (SSSR count). The zero-order valence-electron chi connectivity index (χ0n) is 82.7. The van der Waals surface area contributed by atoms with Gasteiger partial charge >= 0.3 is 0 Å². The molecule has 0 unspecified atom stereocenters. The van der Waals surface area contributed by atoms with E-state index in [0.717, 1.165) is 20.3 Å². The van der Waals surface area contributed by atoms with E-state index in [1.807, 2.05) is 166 Å². The van der Waals surface area contributed by atoms with Crippen LogP contribution in [0.25, 0.3) is 99.5 Å². The van der Waals surface area contributed by atoms with Crippen molar-refractivity contribution < 1.29 is 30.2 Å². The molecule has 0 saturated heterocycles. The number of rotatable bonds is 8. The summed E-state index contributed by atoms with van der Waals surface area (Å²) in [5.74, 6) is 0. The number of benzene rings is 13. The van der Waals surface area contributed by atoms with Gasteiger partial charge in [0.05, 0.1) is 63.6 Å². The third kappa shape index (κ3) is 10.9. The van der Waals surface area contributed by atoms with Gasteiger partial charge in [-0.25, -0.2) is 0 Å². The lowest BCUT2D eigenvalue weighted by atomic mass is 9.33. The highest BCUT2D eigenvalue weighted by Gasteiger charge is 2.47. The highest BCUT2D eigenvalue weighted by atomic mass is 15.2. The van der Waals surface area contributed by atoms with E-state index < -0.39 is 165 Å². The van der Waals surface area contributed by atoms with Crippen LogP contribution < -0.4 is 26.2 Å². The van der Waals surface area contributed by atoms with Gasteiger partial charge in [0.25, 0.3) is 6.71 Å². The maximum atomic E-state index is 11.9. The Morgan fingerprint density at radius 1 is 0.282 bits per heavy atom. The van der Waals surface area contributed by atoms with E-state index in [1.165, 1.54) is 0 Å². The average molecular weight is 1360 g/mol. The van der Waals surface area contributed by atoms with Crippen molar-refractivity contribution >= 4 is 101 Å². The zero-order valence-corrected chi connectivity index (χ0v) is 60.7. The fourth-order valence-electron chi connectivity index (χ4n) is 14.6. The third-order valence-electron chi connectivity index (χ3n) is 20.1. The molecular weight excluding hydrogens is 1240 g/mol. The van der Waals surface area contributed by atoms with E-state index in [4.69, 9.17) is 0 Å². The third-order valence-corrected chi connectivity index (χ3v) is 20.1. The van der Waals surface area contributed by atoms with Crippen LogP contribution in [0, 0.1) is 0 Å². The van der Waals surface area contributed by atoms with Crippen molar-refractivity contribution in [1.82, 2.24) is 9.13 Å². The van der Waals surface area contributed by atoms with Crippen molar-refractivity contribution in [3.8, 4) is 55.9 Å². The number of aromatic nitrogens is 2. The van der Waals surface area contributed by atoms with Gasteiger partial charge < -0.3 is 18.9 Å². The smallest absolute Gasteiger partial charge is 0.252 e. The second-order valence-corrected chi connectivity index (χ2v) is 32.4. The fraction of sp³-hybridized carbons (Fsp3) is 0.204. The molecule has 103 heavy (non-hydrogen) atoms. The van der Waals surface area contributed by atoms with Crippen molar-refractivity contribution in [2.75, 3.05) is 9.80 Å². The predicted octanol–water partition coefficient (Wildman–Crippen LogP) is 25.1. The summed E-state index contributed by atoms with van der Waals surface area (Å²) in [6, 6.07) is 32.7. The molecule has 2 aliphatic rings. The van der Waals surface area contributed by atoms with E-state index >= 15 is 0 Å². The van der Waals surface area contributed by atoms with Crippen molar-refractivity contribution in [2.24, 2.45) is 0 Å². The van der Waals surface area contributed by atoms with Gasteiger partial charge in [0.1, 0.15) is 0 Å². The van der Waals surface area contributed by atoms with Crippen LogP contribution in [-0.2, 0) is 27.1 Å². The van der Waals surface area contributed by atoms with E-state index in [2.05, 4.69) is 41.5 Å². The number of hydrogen-bond acceptors (Lipinski definition) is 2. The molecule has 0 fully saturated rings. The molecule has 0 atom stereocenters. The van der Waals surface area contributed by atoms with Crippen LogP contribution in [0.1, 0.15) is 162 Å². The molecular formula is C98H91BN4. The molecule has 2 aliphatic heterocycles. The molecule has 15 aromatic rings. The second-order valence-electron chi connectivity index (χ2n) is 32.4. The molecule has 0 saturated carbocycles. The summed E-state index contributed by atoms with van der Waals surface area (Å²) in [4.78, 5) is 3.45. The van der Waals surface area contributed by atoms with Gasteiger partial charge in [-0.2, -0.15) is 0 Å². The minimum Gasteiger partial charge on any atom is -0.310 e. The zero-order chi connectivity index (χ0) is 90.5. The Hall–Kier alpha value is -10.9. The lowest BCUT2D eigenvalue weighted by Gasteiger charge is -2.47. The molecule has 0 bridgehead atoms. The molecule has 506 valence electrons. The number of fused-ring (bicyclic) bond motifs is 10. The summed E-state index contributed by atoms with van der Waals surface area (Å²) in [6.45, 7) is 26.7. The summed E-state index contributed by atoms with van der Waals surface area (Å²) in [6.07, 6.45) is 0. The summed E-state index contributed by atoms with van der Waals surface area (Å²) < 4.78 is 233. The van der Waals surface area contributed by atoms with E-state index in [1.54, 1.807) is 51.3 Å². The first kappa shape index (κ1) is 45.2. The number of anilines is 6. The van der Waals surface area contributed by atoms with Gasteiger partial charge in [0.15, 0.2) is 0 Å². The van der Waals surface area contributed by atoms with E-state index in [0.29, 0.717) is 44.5 Å². The Balaban J connectivity index is 1.20. The molecule has 2 aromatic heterocycles. The highest BCUT2D eigenvalue weighted by molar-refractivity contribution is 7.00. The first-order chi connectivity index (χ1) is 58.5. The van der Waals surface area contributed by atoms with Crippen molar-refractivity contribution in [3.63, 3.8) is 0 Å². The molecule has 0 radical (unpaired) electrons. The lowest BCUT2D eigenvalue weighted by Crippen LogP contribution is -2.61. The minimum absolute atomic E-state index is 0.0302. The molecule has 0 N–H and O–H groups in total. The van der Waals surface area contributed by atoms with E-state index in [9.17, 15) is 30.2 Å². The Kier molecular flexibility index (Phi) is 10.5. The molecule has 13 aromatic carbocycles. The van der Waals surface area contributed by atoms with Crippen LogP contribution in [0.4, 0.5) is 34.1 Å². The molecule has 4 heterocycles. The van der Waals surface area contributed by atoms with Gasteiger partial charge in [-0.3, -0.25) is 0 Å². The standard InChI is InChI=1S/C98H91BN4/c1-94(2,3)66-44-50-85-79(52-66)73-40-28-30-42-83(73)100(85)71-46-48-81-87(60-71)102(92-75(62-32-20-16-21-33-62)54-68(96(7,8)9)55-76(92)63-34-22-17-23-35-63)89-58-70(98(13,14)15)59-90-91(89)99(81)82-49-47-72(101-84-43-31-29-41-74(84)80-53-67(95(4,5)6)45-51-86(80)101)61-88(82)103(90)93-77(64-36-24-18-25-37-64)56-69(97(10,11)12)57-78(93)65-38-26-19-27-39-65/h16-61H,1-15H3/i28D,29D,30D,31D,40D,41D,42D,43D,44D,45D,46D,47D,48D,49D,50D,51D,52D,53D,58D,59D,60D,61D. The summed E-state index contributed by atoms with van der Waals surface area (Å²) in [7, 11) is 0. The largest absolute Gasteiger partial charge is 0.310 e. The predicted molar refractivity (Wildman–Crippen MR) is 444 cm³/mol. The molecule has 0 amide bonds. The molecule has 4 nitrogen and oxygen atoms in total. The van der Waals surface area contributed by atoms with Crippen LogP contribution in [-0.4, -0.2) is 15.8 Å². The van der Waals surface area contributed by atoms with Gasteiger partial charge in [0.2, 0.25) is 0 Å². The van der Waals surface area contributed by atoms with Gasteiger partial charge in [0, 0.05) is 77.9 Å². The number of para-hydroxylation sites is 2. The maximum absolute atomic E-state index is 11.9. The van der Waals surface area contributed by atoms with Gasteiger partial charge in [-0.05, 0) is 190 Å². The normalized spacial score (nSPS) is 16.3. The highest BCUT2D eigenvalue weighted by Crippen LogP contribution is 2.56. The van der Waals surface area contributed by atoms with Crippen LogP contribution in [0.3, 0.4) is 0 Å². The first-order valence-corrected chi connectivity index (χ1v) is 35.3. The van der Waals surface area contributed by atoms with Crippen LogP contribution in [0.5, 0.6) is 0 Å². The molecule has 5 heteroatoms. The Bertz CT molecular complexity index is 6710. The summed E-state index contributed by atoms with van der Waals surface area (Å²) in [5.41, 5.74) is -1.33. The average Bonchev–Trinajstić information content (AvgIpc) is 1.19. The quantitative estimate of drug-likeness (QED) is 0.141. The van der Waals surface area contributed by atoms with Crippen molar-refractivity contribution in [1.29, 1.82) is 0 Å². The van der Waals surface area contributed by atoms with Crippen LogP contribution in [0.2, 0.25) is 0 Å². The Morgan fingerprint density at radius 2 is 0.592 bits per heavy atom. The monoisotopic (exact) mass is 1360 g/mol. The minimum atomic E-state index is -1.85. The Morgan fingerprint density at radius 3 is 0.913 bits per heavy atom. The topological polar surface area (TPSA) is 16.3 Å². The second kappa shape index (κ2) is 23.9. The van der Waals surface area contributed by atoms with Crippen LogP contribution in [0.15, 0.2) is 279 Å². The Labute approximate surface area is 640 Å². The first-order valence-electron chi connectivity index (χ1n) is 46.3. The van der Waals surface area contributed by atoms with Crippen molar-refractivity contribution in [2.45, 2.75) is 131 Å². The summed E-state index contributed by atoms with van der Waals surface area (Å²) in [5, 5.41) is -0.920. The maximum Gasteiger partial charge on any atom is 0.252 e. The van der Waals surface area contributed by atoms with E-state index in [-0.39, 0.29) is 124 Å². The molecule has 0 aliphatic carbocycles. The summed E-state index contributed by atoms with van der Waals surface area (Å²) >= 11 is 0. The lowest BCUT2D eigenvalue weighted by molar-refractivity contribution is 0.590. The molecule has 0 spiro atoms. The van der Waals surface area contributed by atoms with Gasteiger partial charge in [-0.15, -0.1) is 0 Å². The fourth-order valence-corrected chi connectivity index (χ4v) is 14.6. The van der Waals surface area contributed by atoms with Crippen molar-refractivity contribution in [3.05, 3.63) is 306 Å². The van der Waals surface area contributed by atoms with Crippen LogP contribution >= 0.6 is 0 Å². The number of nitrogens with zero attached hydrogens (tertiary/aromatic N) is 4. The number of hydrogen-bond donors (Lipinski definition) is 0.